The van der Waals surface area contributed by atoms with E-state index in [-0.39, 0.29) is 5.24 Å². The molecule has 76 valence electrons. The van der Waals surface area contributed by atoms with E-state index in [9.17, 15) is 4.79 Å². The van der Waals surface area contributed by atoms with Crippen LogP contribution in [-0.4, -0.2) is 24.2 Å². The molecule has 1 aromatic carbocycles. The molecule has 0 saturated heterocycles. The van der Waals surface area contributed by atoms with Crippen LogP contribution in [0.5, 0.6) is 0 Å². The van der Waals surface area contributed by atoms with Gasteiger partial charge < -0.3 is 9.08 Å². The van der Waals surface area contributed by atoms with Gasteiger partial charge in [-0.05, 0) is 5.56 Å². The molecule has 0 aliphatic heterocycles. The summed E-state index contributed by atoms with van der Waals surface area (Å²) in [6, 6.07) is 9.75. The van der Waals surface area contributed by atoms with E-state index in [1.807, 2.05) is 30.3 Å². The molecule has 14 heavy (non-hydrogen) atoms. The lowest BCUT2D eigenvalue weighted by atomic mass is 10.2. The average molecular weight is 211 g/mol. The highest BCUT2D eigenvalue weighted by Crippen LogP contribution is 2.11. The monoisotopic (exact) mass is 211 g/mol. The van der Waals surface area contributed by atoms with E-state index in [0.717, 1.165) is 17.6 Å². The van der Waals surface area contributed by atoms with Gasteiger partial charge in [-0.2, -0.15) is 0 Å². The summed E-state index contributed by atoms with van der Waals surface area (Å²) in [5.41, 5.74) is 1.06. The van der Waals surface area contributed by atoms with Crippen molar-refractivity contribution in [1.29, 1.82) is 0 Å². The minimum absolute atomic E-state index is 0.0964. The maximum absolute atomic E-state index is 11.1. The largest absolute Gasteiger partial charge is 0.338 e. The summed E-state index contributed by atoms with van der Waals surface area (Å²) in [6.45, 7) is 0.449. The Kier molecular flexibility index (Phi) is 4.49. The van der Waals surface area contributed by atoms with Crippen molar-refractivity contribution in [2.45, 2.75) is 6.61 Å². The van der Waals surface area contributed by atoms with Crippen LogP contribution in [0.4, 0.5) is 4.79 Å². The number of benzene rings is 1. The Balaban J connectivity index is 2.26. The van der Waals surface area contributed by atoms with Crippen molar-refractivity contribution in [3.8, 4) is 0 Å². The van der Waals surface area contributed by atoms with Gasteiger partial charge in [0.25, 0.3) is 0 Å². The number of nitrogens with zero attached hydrogens (tertiary/aromatic N) is 1. The van der Waals surface area contributed by atoms with E-state index in [2.05, 4.69) is 0 Å². The second kappa shape index (κ2) is 5.67. The van der Waals surface area contributed by atoms with Crippen LogP contribution in [0.3, 0.4) is 0 Å². The highest BCUT2D eigenvalue weighted by atomic mass is 32.2. The van der Waals surface area contributed by atoms with Crippen molar-refractivity contribution < 1.29 is 8.98 Å². The Morgan fingerprint density at radius 2 is 2.00 bits per heavy atom. The molecule has 0 N–H and O–H groups in total. The molecule has 0 aliphatic rings. The number of amides is 1. The van der Waals surface area contributed by atoms with Crippen molar-refractivity contribution in [2.75, 3.05) is 14.1 Å². The van der Waals surface area contributed by atoms with Crippen LogP contribution in [0.1, 0.15) is 5.56 Å². The fraction of sp³-hybridized carbons (Fsp3) is 0.300. The number of hydrogen-bond acceptors (Lipinski definition) is 3. The molecule has 0 aliphatic carbocycles. The molecule has 0 unspecified atom stereocenters. The van der Waals surface area contributed by atoms with Gasteiger partial charge in [0.1, 0.15) is 0 Å². The Morgan fingerprint density at radius 3 is 2.57 bits per heavy atom. The minimum atomic E-state index is -0.0964. The first-order valence-electron chi connectivity index (χ1n) is 4.25. The average Bonchev–Trinajstić information content (AvgIpc) is 2.19. The van der Waals surface area contributed by atoms with E-state index < -0.39 is 0 Å². The van der Waals surface area contributed by atoms with Gasteiger partial charge in [-0.25, -0.2) is 0 Å². The Hall–Kier alpha value is -1.00. The lowest BCUT2D eigenvalue weighted by Crippen LogP contribution is -2.16. The standard InChI is InChI=1S/C10H13NO2S/c1-11(2)10(12)14-13-8-9-6-4-3-5-7-9/h3-7H,8H2,1-2H3. The number of rotatable bonds is 3. The third-order valence-corrected chi connectivity index (χ3v) is 2.31. The number of carbonyl (C=O) groups excluding carboxylic acids is 1. The molecule has 0 saturated carbocycles. The third-order valence-electron chi connectivity index (χ3n) is 1.56. The van der Waals surface area contributed by atoms with Crippen molar-refractivity contribution in [1.82, 2.24) is 4.90 Å². The molecule has 3 nitrogen and oxygen atoms in total. The zero-order valence-electron chi connectivity index (χ0n) is 8.27. The van der Waals surface area contributed by atoms with E-state index in [0.29, 0.717) is 6.61 Å². The van der Waals surface area contributed by atoms with Gasteiger partial charge in [0, 0.05) is 14.1 Å². The summed E-state index contributed by atoms with van der Waals surface area (Å²) >= 11 is 0.866. The molecular weight excluding hydrogens is 198 g/mol. The molecular formula is C10H13NO2S. The summed E-state index contributed by atoms with van der Waals surface area (Å²) in [4.78, 5) is 12.6. The number of carbonyl (C=O) groups is 1. The van der Waals surface area contributed by atoms with Gasteiger partial charge in [0.15, 0.2) is 0 Å². The molecule has 1 rings (SSSR count). The summed E-state index contributed by atoms with van der Waals surface area (Å²) in [6.07, 6.45) is 0. The summed E-state index contributed by atoms with van der Waals surface area (Å²) in [7, 11) is 3.39. The van der Waals surface area contributed by atoms with Crippen LogP contribution >= 0.6 is 12.0 Å². The second-order valence-electron chi connectivity index (χ2n) is 2.99. The maximum Gasteiger partial charge on any atom is 0.308 e. The van der Waals surface area contributed by atoms with Gasteiger partial charge in [0.05, 0.1) is 18.6 Å². The lowest BCUT2D eigenvalue weighted by Gasteiger charge is -2.08. The highest BCUT2D eigenvalue weighted by molar-refractivity contribution is 8.09. The van der Waals surface area contributed by atoms with Gasteiger partial charge in [-0.15, -0.1) is 0 Å². The summed E-state index contributed by atoms with van der Waals surface area (Å²) < 4.78 is 5.17. The molecule has 0 fully saturated rings. The molecule has 1 aromatic rings. The quantitative estimate of drug-likeness (QED) is 0.719. The zero-order chi connectivity index (χ0) is 10.4. The van der Waals surface area contributed by atoms with E-state index >= 15 is 0 Å². The van der Waals surface area contributed by atoms with Crippen LogP contribution < -0.4 is 0 Å². The fourth-order valence-corrected chi connectivity index (χ4v) is 1.24. The molecule has 1 amide bonds. The zero-order valence-corrected chi connectivity index (χ0v) is 9.08. The lowest BCUT2D eigenvalue weighted by molar-refractivity contribution is 0.237. The van der Waals surface area contributed by atoms with E-state index in [4.69, 9.17) is 4.18 Å². The van der Waals surface area contributed by atoms with Gasteiger partial charge in [0.2, 0.25) is 0 Å². The molecule has 0 spiro atoms. The van der Waals surface area contributed by atoms with Crippen LogP contribution in [-0.2, 0) is 10.8 Å². The molecule has 4 heteroatoms. The minimum Gasteiger partial charge on any atom is -0.338 e. The van der Waals surface area contributed by atoms with Crippen LogP contribution in [0.2, 0.25) is 0 Å². The molecule has 0 aromatic heterocycles. The summed E-state index contributed by atoms with van der Waals surface area (Å²) in [5.74, 6) is 0. The SMILES string of the molecule is CN(C)C(=O)SOCc1ccccc1. The molecule has 0 heterocycles. The van der Waals surface area contributed by atoms with Gasteiger partial charge in [-0.1, -0.05) is 30.3 Å². The molecule has 0 atom stereocenters. The second-order valence-corrected chi connectivity index (χ2v) is 3.74. The van der Waals surface area contributed by atoms with E-state index in [1.165, 1.54) is 4.90 Å². The van der Waals surface area contributed by atoms with Gasteiger partial charge >= 0.3 is 5.24 Å². The highest BCUT2D eigenvalue weighted by Gasteiger charge is 2.04. The molecule has 0 bridgehead atoms. The van der Waals surface area contributed by atoms with Gasteiger partial charge in [-0.3, -0.25) is 4.79 Å². The van der Waals surface area contributed by atoms with Crippen molar-refractivity contribution in [3.05, 3.63) is 35.9 Å². The van der Waals surface area contributed by atoms with Crippen molar-refractivity contribution >= 4 is 17.3 Å². The normalized spacial score (nSPS) is 9.86. The van der Waals surface area contributed by atoms with E-state index in [1.54, 1.807) is 14.1 Å². The Bertz CT molecular complexity index is 287. The first-order valence-corrected chi connectivity index (χ1v) is 4.99. The topological polar surface area (TPSA) is 29.5 Å². The summed E-state index contributed by atoms with van der Waals surface area (Å²) in [5, 5.41) is -0.0964. The third kappa shape index (κ3) is 3.81. The Morgan fingerprint density at radius 1 is 1.36 bits per heavy atom. The first kappa shape index (κ1) is 11.1. The fourth-order valence-electron chi connectivity index (χ4n) is 0.797. The first-order chi connectivity index (χ1) is 6.70. The Labute approximate surface area is 88.3 Å². The van der Waals surface area contributed by atoms with Crippen molar-refractivity contribution in [2.24, 2.45) is 0 Å². The van der Waals surface area contributed by atoms with Crippen LogP contribution in [0.25, 0.3) is 0 Å². The predicted molar refractivity (Wildman–Crippen MR) is 57.9 cm³/mol. The smallest absolute Gasteiger partial charge is 0.308 e. The number of hydrogen-bond donors (Lipinski definition) is 0. The van der Waals surface area contributed by atoms with Crippen LogP contribution in [0, 0.1) is 0 Å². The van der Waals surface area contributed by atoms with Crippen LogP contribution in [0.15, 0.2) is 30.3 Å². The predicted octanol–water partition coefficient (Wildman–Crippen LogP) is 2.53. The molecule has 0 radical (unpaired) electrons. The maximum atomic E-state index is 11.1. The van der Waals surface area contributed by atoms with Crippen molar-refractivity contribution in [3.63, 3.8) is 0 Å².